The Bertz CT molecular complexity index is 792. The topological polar surface area (TPSA) is 75.6 Å². The minimum Gasteiger partial charge on any atom is -0.479 e. The second-order valence-electron chi connectivity index (χ2n) is 5.11. The average molecular weight is 368 g/mol. The number of carbonyl (C=O) groups excluding carboxylic acids is 1. The smallest absolute Gasteiger partial charge is 0.336 e. The van der Waals surface area contributed by atoms with E-state index in [0.717, 1.165) is 0 Å². The van der Waals surface area contributed by atoms with E-state index in [0.29, 0.717) is 27.0 Å². The van der Waals surface area contributed by atoms with Gasteiger partial charge in [-0.15, -0.1) is 0 Å². The summed E-state index contributed by atoms with van der Waals surface area (Å²) in [7, 11) is 0. The molecule has 0 heterocycles. The van der Waals surface area contributed by atoms with Gasteiger partial charge in [-0.25, -0.2) is 4.79 Å². The lowest BCUT2D eigenvalue weighted by molar-refractivity contribution is -0.122. The molecule has 2 aromatic rings. The number of hydrogen-bond donors (Lipinski definition) is 2. The molecule has 0 bridgehead atoms. The Morgan fingerprint density at radius 1 is 1.21 bits per heavy atom. The Labute approximate surface area is 149 Å². The molecule has 2 aromatic carbocycles. The van der Waals surface area contributed by atoms with E-state index in [2.05, 4.69) is 5.32 Å². The van der Waals surface area contributed by atoms with Crippen LogP contribution in [0.5, 0.6) is 5.75 Å². The number of halogens is 2. The van der Waals surface area contributed by atoms with E-state index in [-0.39, 0.29) is 5.56 Å². The SMILES string of the molecule is Cc1c(NC(=O)C(C)Oc2ccc(Cl)cc2Cl)cccc1C(=O)O. The van der Waals surface area contributed by atoms with Gasteiger partial charge in [-0.05, 0) is 49.7 Å². The number of benzene rings is 2. The van der Waals surface area contributed by atoms with Crippen molar-refractivity contribution in [1.29, 1.82) is 0 Å². The molecule has 0 aliphatic rings. The van der Waals surface area contributed by atoms with Gasteiger partial charge in [0, 0.05) is 10.7 Å². The van der Waals surface area contributed by atoms with E-state index in [9.17, 15) is 9.59 Å². The highest BCUT2D eigenvalue weighted by molar-refractivity contribution is 6.35. The van der Waals surface area contributed by atoms with Gasteiger partial charge in [-0.3, -0.25) is 4.79 Å². The molecule has 24 heavy (non-hydrogen) atoms. The number of nitrogens with one attached hydrogen (secondary N) is 1. The lowest BCUT2D eigenvalue weighted by atomic mass is 10.1. The number of ether oxygens (including phenoxy) is 1. The predicted molar refractivity (Wildman–Crippen MR) is 93.3 cm³/mol. The molecule has 0 fully saturated rings. The second-order valence-corrected chi connectivity index (χ2v) is 5.95. The largest absolute Gasteiger partial charge is 0.479 e. The van der Waals surface area contributed by atoms with Crippen molar-refractivity contribution in [1.82, 2.24) is 0 Å². The van der Waals surface area contributed by atoms with Crippen molar-refractivity contribution >= 4 is 40.8 Å². The minimum atomic E-state index is -1.05. The summed E-state index contributed by atoms with van der Waals surface area (Å²) in [5, 5.41) is 12.5. The number of aromatic carboxylic acids is 1. The summed E-state index contributed by atoms with van der Waals surface area (Å²) in [6.07, 6.45) is -0.837. The molecule has 0 spiro atoms. The van der Waals surface area contributed by atoms with E-state index in [1.165, 1.54) is 12.1 Å². The zero-order valence-electron chi connectivity index (χ0n) is 13.0. The Morgan fingerprint density at radius 2 is 1.92 bits per heavy atom. The number of hydrogen-bond acceptors (Lipinski definition) is 3. The summed E-state index contributed by atoms with van der Waals surface area (Å²) in [4.78, 5) is 23.4. The fourth-order valence-corrected chi connectivity index (χ4v) is 2.50. The number of carboxylic acids is 1. The summed E-state index contributed by atoms with van der Waals surface area (Å²) in [5.41, 5.74) is 1.01. The zero-order chi connectivity index (χ0) is 17.9. The van der Waals surface area contributed by atoms with E-state index in [4.69, 9.17) is 33.0 Å². The molecular formula is C17H15Cl2NO4. The maximum absolute atomic E-state index is 12.3. The normalized spacial score (nSPS) is 11.7. The van der Waals surface area contributed by atoms with Crippen molar-refractivity contribution in [2.24, 2.45) is 0 Å². The van der Waals surface area contributed by atoms with E-state index < -0.39 is 18.0 Å². The number of amides is 1. The van der Waals surface area contributed by atoms with Gasteiger partial charge in [-0.1, -0.05) is 29.3 Å². The van der Waals surface area contributed by atoms with E-state index in [1.54, 1.807) is 38.1 Å². The van der Waals surface area contributed by atoms with Crippen LogP contribution in [0.2, 0.25) is 10.0 Å². The first-order chi connectivity index (χ1) is 11.3. The van der Waals surface area contributed by atoms with Crippen molar-refractivity contribution in [2.45, 2.75) is 20.0 Å². The Kier molecular flexibility index (Phi) is 5.70. The maximum Gasteiger partial charge on any atom is 0.336 e. The highest BCUT2D eigenvalue weighted by atomic mass is 35.5. The van der Waals surface area contributed by atoms with Crippen LogP contribution in [0.1, 0.15) is 22.8 Å². The van der Waals surface area contributed by atoms with Crippen molar-refractivity contribution in [3.8, 4) is 5.75 Å². The van der Waals surface area contributed by atoms with E-state index >= 15 is 0 Å². The highest BCUT2D eigenvalue weighted by Crippen LogP contribution is 2.28. The molecule has 126 valence electrons. The van der Waals surface area contributed by atoms with E-state index in [1.807, 2.05) is 0 Å². The van der Waals surface area contributed by atoms with Crippen LogP contribution in [0.4, 0.5) is 5.69 Å². The van der Waals surface area contributed by atoms with Crippen molar-refractivity contribution in [3.05, 3.63) is 57.6 Å². The lowest BCUT2D eigenvalue weighted by Gasteiger charge is -2.17. The molecule has 1 unspecified atom stereocenters. The molecule has 0 aliphatic carbocycles. The number of carboxylic acid groups (broad SMARTS) is 1. The molecule has 0 saturated carbocycles. The molecule has 0 aliphatic heterocycles. The Balaban J connectivity index is 2.12. The van der Waals surface area contributed by atoms with Gasteiger partial charge in [0.1, 0.15) is 5.75 Å². The fraction of sp³-hybridized carbons (Fsp3) is 0.176. The third kappa shape index (κ3) is 4.19. The van der Waals surface area contributed by atoms with Gasteiger partial charge in [0.15, 0.2) is 6.10 Å². The molecule has 0 radical (unpaired) electrons. The quantitative estimate of drug-likeness (QED) is 0.820. The first-order valence-corrected chi connectivity index (χ1v) is 7.80. The van der Waals surface area contributed by atoms with Crippen LogP contribution >= 0.6 is 23.2 Å². The third-order valence-electron chi connectivity index (χ3n) is 3.39. The van der Waals surface area contributed by atoms with Crippen molar-refractivity contribution in [2.75, 3.05) is 5.32 Å². The number of carbonyl (C=O) groups is 2. The molecule has 5 nitrogen and oxygen atoms in total. The van der Waals surface area contributed by atoms with Gasteiger partial charge in [0.25, 0.3) is 5.91 Å². The summed E-state index contributed by atoms with van der Waals surface area (Å²) in [6, 6.07) is 9.36. The summed E-state index contributed by atoms with van der Waals surface area (Å²) < 4.78 is 5.53. The van der Waals surface area contributed by atoms with Crippen LogP contribution in [-0.4, -0.2) is 23.1 Å². The molecule has 0 saturated heterocycles. The highest BCUT2D eigenvalue weighted by Gasteiger charge is 2.18. The van der Waals surface area contributed by atoms with Crippen molar-refractivity contribution < 1.29 is 19.4 Å². The zero-order valence-corrected chi connectivity index (χ0v) is 14.5. The van der Waals surface area contributed by atoms with Crippen LogP contribution in [0.3, 0.4) is 0 Å². The summed E-state index contributed by atoms with van der Waals surface area (Å²) >= 11 is 11.8. The maximum atomic E-state index is 12.3. The van der Waals surface area contributed by atoms with Gasteiger partial charge >= 0.3 is 5.97 Å². The van der Waals surface area contributed by atoms with Gasteiger partial charge < -0.3 is 15.2 Å². The Morgan fingerprint density at radius 3 is 2.54 bits per heavy atom. The summed E-state index contributed by atoms with van der Waals surface area (Å²) in [5.74, 6) is -1.15. The second kappa shape index (κ2) is 7.55. The minimum absolute atomic E-state index is 0.127. The Hall–Kier alpha value is -2.24. The molecule has 7 heteroatoms. The van der Waals surface area contributed by atoms with Crippen LogP contribution in [0, 0.1) is 6.92 Å². The lowest BCUT2D eigenvalue weighted by Crippen LogP contribution is -2.30. The molecule has 1 amide bonds. The van der Waals surface area contributed by atoms with Crippen molar-refractivity contribution in [3.63, 3.8) is 0 Å². The van der Waals surface area contributed by atoms with Gasteiger partial charge in [-0.2, -0.15) is 0 Å². The van der Waals surface area contributed by atoms with Gasteiger partial charge in [0.2, 0.25) is 0 Å². The third-order valence-corrected chi connectivity index (χ3v) is 3.92. The number of anilines is 1. The molecule has 2 N–H and O–H groups in total. The summed E-state index contributed by atoms with van der Waals surface area (Å²) in [6.45, 7) is 3.19. The fourth-order valence-electron chi connectivity index (χ4n) is 2.05. The molecule has 0 aromatic heterocycles. The predicted octanol–water partition coefficient (Wildman–Crippen LogP) is 4.41. The molecular weight excluding hydrogens is 353 g/mol. The first-order valence-electron chi connectivity index (χ1n) is 7.05. The molecule has 1 atom stereocenters. The molecule has 2 rings (SSSR count). The average Bonchev–Trinajstić information content (AvgIpc) is 2.51. The first kappa shape index (κ1) is 18.1. The monoisotopic (exact) mass is 367 g/mol. The standard InChI is InChI=1S/C17H15Cl2NO4/c1-9-12(17(22)23)4-3-5-14(9)20-16(21)10(2)24-15-7-6-11(18)8-13(15)19/h3-8,10H,1-2H3,(H,20,21)(H,22,23). The van der Waals surface area contributed by atoms with Crippen LogP contribution in [0.15, 0.2) is 36.4 Å². The van der Waals surface area contributed by atoms with Crippen LogP contribution in [0.25, 0.3) is 0 Å². The van der Waals surface area contributed by atoms with Crippen LogP contribution in [-0.2, 0) is 4.79 Å². The number of rotatable bonds is 5. The van der Waals surface area contributed by atoms with Crippen LogP contribution < -0.4 is 10.1 Å². The van der Waals surface area contributed by atoms with Gasteiger partial charge in [0.05, 0.1) is 10.6 Å².